The maximum absolute atomic E-state index is 13.6. The molecule has 12 heteroatoms. The van der Waals surface area contributed by atoms with E-state index in [0.29, 0.717) is 18.5 Å². The Balaban J connectivity index is 1.50. The molecule has 0 radical (unpaired) electrons. The summed E-state index contributed by atoms with van der Waals surface area (Å²) in [4.78, 5) is 12.8. The van der Waals surface area contributed by atoms with Gasteiger partial charge in [0.05, 0.1) is 10.8 Å². The summed E-state index contributed by atoms with van der Waals surface area (Å²) in [7, 11) is -7.83. The monoisotopic (exact) mass is 544 g/mol. The average Bonchev–Trinajstić information content (AvgIpc) is 3.24. The van der Waals surface area contributed by atoms with Crippen molar-refractivity contribution in [2.45, 2.75) is 36.5 Å². The number of piperidine rings is 1. The first-order valence-corrected chi connectivity index (χ1v) is 14.6. The van der Waals surface area contributed by atoms with Crippen molar-refractivity contribution in [1.29, 1.82) is 0 Å². The van der Waals surface area contributed by atoms with E-state index in [-0.39, 0.29) is 40.2 Å². The molecule has 4 rings (SSSR count). The minimum absolute atomic E-state index is 0.00480. The zero-order chi connectivity index (χ0) is 26.8. The first-order valence-electron chi connectivity index (χ1n) is 11.6. The summed E-state index contributed by atoms with van der Waals surface area (Å²) in [6.07, 6.45) is 4.35. The van der Waals surface area contributed by atoms with Crippen LogP contribution in [-0.4, -0.2) is 45.3 Å². The number of anilines is 1. The predicted molar refractivity (Wildman–Crippen MR) is 139 cm³/mol. The quantitative estimate of drug-likeness (QED) is 0.463. The predicted octanol–water partition coefficient (Wildman–Crippen LogP) is 3.15. The maximum Gasteiger partial charge on any atom is 0.248 e. The lowest BCUT2D eigenvalue weighted by Crippen LogP contribution is -2.43. The Hall–Kier alpha value is -3.32. The van der Waals surface area contributed by atoms with Crippen molar-refractivity contribution >= 4 is 43.8 Å². The second-order valence-corrected chi connectivity index (χ2v) is 12.4. The summed E-state index contributed by atoms with van der Waals surface area (Å²) in [5.74, 6) is -0.822. The van der Waals surface area contributed by atoms with E-state index in [4.69, 9.17) is 9.66 Å². The number of aromatic nitrogens is 1. The van der Waals surface area contributed by atoms with Crippen LogP contribution in [0.4, 0.5) is 5.69 Å². The van der Waals surface area contributed by atoms with E-state index in [1.807, 2.05) is 31.2 Å². The van der Waals surface area contributed by atoms with E-state index in [2.05, 4.69) is 10.5 Å². The van der Waals surface area contributed by atoms with E-state index < -0.39 is 26.0 Å². The van der Waals surface area contributed by atoms with Crippen molar-refractivity contribution in [2.75, 3.05) is 18.4 Å². The summed E-state index contributed by atoms with van der Waals surface area (Å²) in [6.45, 7) is 3.81. The van der Waals surface area contributed by atoms with E-state index in [1.165, 1.54) is 28.6 Å². The Morgan fingerprint density at radius 2 is 1.73 bits per heavy atom. The SMILES string of the molecule is Cc1ccc(/C=C/c2onc(C)c2S(=O)(=O)N2CCC[C@@H](C(=O)Nc3ccc(S(N)(=O)=O)cc3)C2)cc1. The van der Waals surface area contributed by atoms with Crippen LogP contribution >= 0.6 is 0 Å². The van der Waals surface area contributed by atoms with Crippen LogP contribution in [0.15, 0.2) is 62.8 Å². The van der Waals surface area contributed by atoms with Crippen molar-refractivity contribution in [2.24, 2.45) is 11.1 Å². The largest absolute Gasteiger partial charge is 0.355 e. The number of nitrogens with one attached hydrogen (secondary N) is 1. The highest BCUT2D eigenvalue weighted by Gasteiger charge is 2.37. The van der Waals surface area contributed by atoms with Crippen molar-refractivity contribution in [3.63, 3.8) is 0 Å². The van der Waals surface area contributed by atoms with Crippen molar-refractivity contribution in [3.05, 3.63) is 71.1 Å². The molecule has 2 heterocycles. The van der Waals surface area contributed by atoms with Crippen LogP contribution in [0.5, 0.6) is 0 Å². The Morgan fingerprint density at radius 1 is 1.05 bits per heavy atom. The molecule has 196 valence electrons. The molecule has 1 atom stereocenters. The highest BCUT2D eigenvalue weighted by molar-refractivity contribution is 7.89. The number of benzene rings is 2. The number of primary sulfonamides is 1. The molecule has 0 spiro atoms. The van der Waals surface area contributed by atoms with Crippen LogP contribution in [0.2, 0.25) is 0 Å². The van der Waals surface area contributed by atoms with Gasteiger partial charge in [-0.2, -0.15) is 4.31 Å². The zero-order valence-corrected chi connectivity index (χ0v) is 22.1. The van der Waals surface area contributed by atoms with Gasteiger partial charge in [0.2, 0.25) is 26.0 Å². The summed E-state index contributed by atoms with van der Waals surface area (Å²) in [6, 6.07) is 13.2. The van der Waals surface area contributed by atoms with Crippen molar-refractivity contribution < 1.29 is 26.2 Å². The number of nitrogens with zero attached hydrogens (tertiary/aromatic N) is 2. The van der Waals surface area contributed by atoms with Gasteiger partial charge in [-0.3, -0.25) is 4.79 Å². The fraction of sp³-hybridized carbons (Fsp3) is 0.280. The highest BCUT2D eigenvalue weighted by atomic mass is 32.2. The number of amides is 1. The second kappa shape index (κ2) is 10.6. The summed E-state index contributed by atoms with van der Waals surface area (Å²) in [5.41, 5.74) is 2.62. The number of hydrogen-bond donors (Lipinski definition) is 2. The van der Waals surface area contributed by atoms with Gasteiger partial charge in [0.25, 0.3) is 0 Å². The van der Waals surface area contributed by atoms with Crippen LogP contribution in [0.1, 0.15) is 35.4 Å². The first kappa shape index (κ1) is 26.7. The molecule has 1 saturated heterocycles. The van der Waals surface area contributed by atoms with Gasteiger partial charge in [-0.15, -0.1) is 0 Å². The first-order chi connectivity index (χ1) is 17.4. The number of carbonyl (C=O) groups is 1. The molecule has 0 bridgehead atoms. The molecule has 0 unspecified atom stereocenters. The fourth-order valence-electron chi connectivity index (χ4n) is 4.12. The third-order valence-electron chi connectivity index (χ3n) is 6.14. The van der Waals surface area contributed by atoms with Crippen LogP contribution in [-0.2, 0) is 24.8 Å². The molecule has 3 aromatic rings. The molecule has 1 aromatic heterocycles. The molecule has 10 nitrogen and oxygen atoms in total. The number of sulfonamides is 2. The normalized spacial score (nSPS) is 17.2. The minimum atomic E-state index is -3.99. The van der Waals surface area contributed by atoms with Crippen LogP contribution in [0.25, 0.3) is 12.2 Å². The molecule has 0 aliphatic carbocycles. The molecular formula is C25H28N4O6S2. The van der Waals surface area contributed by atoms with E-state index in [0.717, 1.165) is 11.1 Å². The van der Waals surface area contributed by atoms with Gasteiger partial charge in [-0.1, -0.05) is 41.1 Å². The number of carbonyl (C=O) groups excluding carboxylic acids is 1. The van der Waals surface area contributed by atoms with Gasteiger partial charge in [-0.05, 0) is 62.6 Å². The third-order valence-corrected chi connectivity index (χ3v) is 9.09. The molecule has 1 fully saturated rings. The van der Waals surface area contributed by atoms with Gasteiger partial charge in [0, 0.05) is 18.8 Å². The van der Waals surface area contributed by atoms with E-state index >= 15 is 0 Å². The Labute approximate surface area is 216 Å². The fourth-order valence-corrected chi connectivity index (χ4v) is 6.41. The highest BCUT2D eigenvalue weighted by Crippen LogP contribution is 2.30. The van der Waals surface area contributed by atoms with Crippen molar-refractivity contribution in [1.82, 2.24) is 9.46 Å². The summed E-state index contributed by atoms with van der Waals surface area (Å²) in [5, 5.41) is 11.7. The standard InChI is InChI=1S/C25H28N4O6S2/c1-17-5-7-19(8-6-17)9-14-23-24(18(2)28-35-23)37(33,34)29-15-3-4-20(16-29)25(30)27-21-10-12-22(13-11-21)36(26,31)32/h5-14,20H,3-4,15-16H2,1-2H3,(H,27,30)(H2,26,31,32)/b14-9+/t20-/m1/s1. The van der Waals surface area contributed by atoms with Gasteiger partial charge in [0.1, 0.15) is 5.69 Å². The zero-order valence-electron chi connectivity index (χ0n) is 20.4. The van der Waals surface area contributed by atoms with E-state index in [9.17, 15) is 21.6 Å². The lowest BCUT2D eigenvalue weighted by Gasteiger charge is -2.31. The molecule has 1 amide bonds. The summed E-state index contributed by atoms with van der Waals surface area (Å²) < 4.78 is 56.7. The molecule has 3 N–H and O–H groups in total. The lowest BCUT2D eigenvalue weighted by molar-refractivity contribution is -0.120. The molecular weight excluding hydrogens is 516 g/mol. The Bertz CT molecular complexity index is 1530. The van der Waals surface area contributed by atoms with Crippen LogP contribution < -0.4 is 10.5 Å². The molecule has 1 aliphatic rings. The van der Waals surface area contributed by atoms with Crippen LogP contribution in [0.3, 0.4) is 0 Å². The number of aryl methyl sites for hydroxylation is 2. The van der Waals surface area contributed by atoms with Crippen LogP contribution in [0, 0.1) is 19.8 Å². The third kappa shape index (κ3) is 6.16. The van der Waals surface area contributed by atoms with Crippen molar-refractivity contribution in [3.8, 4) is 0 Å². The molecule has 1 aliphatic heterocycles. The molecule has 0 saturated carbocycles. The van der Waals surface area contributed by atoms with Gasteiger partial charge >= 0.3 is 0 Å². The topological polar surface area (TPSA) is 153 Å². The van der Waals surface area contributed by atoms with Gasteiger partial charge in [-0.25, -0.2) is 22.0 Å². The number of rotatable bonds is 7. The maximum atomic E-state index is 13.6. The second-order valence-electron chi connectivity index (χ2n) is 8.97. The molecule has 37 heavy (non-hydrogen) atoms. The number of hydrogen-bond acceptors (Lipinski definition) is 7. The smallest absolute Gasteiger partial charge is 0.248 e. The number of nitrogens with two attached hydrogens (primary N) is 1. The minimum Gasteiger partial charge on any atom is -0.355 e. The average molecular weight is 545 g/mol. The summed E-state index contributed by atoms with van der Waals surface area (Å²) >= 11 is 0. The lowest BCUT2D eigenvalue weighted by atomic mass is 9.99. The van der Waals surface area contributed by atoms with Gasteiger partial charge in [0.15, 0.2) is 10.7 Å². The Kier molecular flexibility index (Phi) is 7.64. The van der Waals surface area contributed by atoms with E-state index in [1.54, 1.807) is 19.1 Å². The Morgan fingerprint density at radius 3 is 2.38 bits per heavy atom. The van der Waals surface area contributed by atoms with Gasteiger partial charge < -0.3 is 9.84 Å². The molecule has 2 aromatic carbocycles.